The number of urea groups is 1. The third-order valence-corrected chi connectivity index (χ3v) is 7.43. The van der Waals surface area contributed by atoms with Crippen LogP contribution in [0.1, 0.15) is 5.56 Å². The number of halogens is 2. The van der Waals surface area contributed by atoms with Gasteiger partial charge in [0, 0.05) is 61.6 Å². The van der Waals surface area contributed by atoms with Gasteiger partial charge in [-0.1, -0.05) is 47.5 Å². The van der Waals surface area contributed by atoms with Gasteiger partial charge in [0.1, 0.15) is 13.1 Å². The van der Waals surface area contributed by atoms with Crippen LogP contribution in [0.15, 0.2) is 53.5 Å². The Morgan fingerprint density at radius 1 is 0.971 bits per heavy atom. The van der Waals surface area contributed by atoms with Gasteiger partial charge in [-0.2, -0.15) is 0 Å². The second kappa shape index (κ2) is 9.60. The van der Waals surface area contributed by atoms with Crippen molar-refractivity contribution in [1.82, 2.24) is 14.7 Å². The standard InChI is InChI=1S/C25H27Cl2N6O2/c1-29-23-22(24(34)30(2)25(29)35)33(15-17-6-3-4-9-20(17)27)21(28-23)16-31-10-12-32(13-11-31)19-8-5-7-18(26)14-19/h3-9,14,22H,10-13,15-16H2,1-2H3/q+1. The lowest BCUT2D eigenvalue weighted by Crippen LogP contribution is -2.61. The fraction of sp³-hybridized carbons (Fsp3) is 0.360. The molecule has 35 heavy (non-hydrogen) atoms. The number of benzene rings is 2. The van der Waals surface area contributed by atoms with E-state index in [1.165, 1.54) is 11.9 Å². The molecule has 3 heterocycles. The zero-order valence-electron chi connectivity index (χ0n) is 19.7. The summed E-state index contributed by atoms with van der Waals surface area (Å²) in [5.41, 5.74) is 2.02. The Morgan fingerprint density at radius 3 is 2.43 bits per heavy atom. The molecule has 5 rings (SSSR count). The molecule has 8 nitrogen and oxygen atoms in total. The highest BCUT2D eigenvalue weighted by Gasteiger charge is 2.53. The van der Waals surface area contributed by atoms with Crippen LogP contribution in [0.5, 0.6) is 0 Å². The van der Waals surface area contributed by atoms with Crippen LogP contribution >= 0.6 is 23.2 Å². The second-order valence-corrected chi connectivity index (χ2v) is 9.83. The zero-order valence-corrected chi connectivity index (χ0v) is 21.2. The second-order valence-electron chi connectivity index (χ2n) is 8.99. The van der Waals surface area contributed by atoms with Gasteiger partial charge in [-0.05, 0) is 29.3 Å². The highest BCUT2D eigenvalue weighted by molar-refractivity contribution is 6.31. The Bertz CT molecular complexity index is 1240. The number of piperazine rings is 1. The molecule has 3 aliphatic rings. The van der Waals surface area contributed by atoms with Gasteiger partial charge >= 0.3 is 11.9 Å². The molecule has 0 radical (unpaired) electrons. The van der Waals surface area contributed by atoms with E-state index in [2.05, 4.69) is 15.9 Å². The average Bonchev–Trinajstić information content (AvgIpc) is 3.21. The molecule has 3 aliphatic heterocycles. The maximum absolute atomic E-state index is 13.2. The molecule has 0 saturated carbocycles. The van der Waals surface area contributed by atoms with E-state index >= 15 is 0 Å². The zero-order chi connectivity index (χ0) is 24.7. The van der Waals surface area contributed by atoms with Crippen molar-refractivity contribution in [3.63, 3.8) is 0 Å². The van der Waals surface area contributed by atoms with Gasteiger partial charge in [0.2, 0.25) is 0 Å². The van der Waals surface area contributed by atoms with Crippen molar-refractivity contribution >= 4 is 52.5 Å². The van der Waals surface area contributed by atoms with Crippen LogP contribution in [-0.2, 0) is 11.3 Å². The van der Waals surface area contributed by atoms with Gasteiger partial charge < -0.3 is 4.90 Å². The molecule has 1 unspecified atom stereocenters. The number of hydrogen-bond acceptors (Lipinski definition) is 5. The minimum Gasteiger partial charge on any atom is -0.369 e. The van der Waals surface area contributed by atoms with Crippen LogP contribution in [0.25, 0.3) is 0 Å². The minimum atomic E-state index is -0.651. The van der Waals surface area contributed by atoms with Crippen molar-refractivity contribution in [3.8, 4) is 0 Å². The average molecular weight is 514 g/mol. The van der Waals surface area contributed by atoms with E-state index in [1.54, 1.807) is 7.05 Å². The van der Waals surface area contributed by atoms with Gasteiger partial charge in [0.05, 0.1) is 0 Å². The van der Waals surface area contributed by atoms with Crippen LogP contribution in [-0.4, -0.2) is 95.7 Å². The Morgan fingerprint density at radius 2 is 1.71 bits per heavy atom. The highest BCUT2D eigenvalue weighted by atomic mass is 35.5. The smallest absolute Gasteiger partial charge is 0.333 e. The number of carbonyl (C=O) groups excluding carboxylic acids is 2. The van der Waals surface area contributed by atoms with Gasteiger partial charge in [0.15, 0.2) is 0 Å². The quantitative estimate of drug-likeness (QED) is 0.576. The first-order valence-electron chi connectivity index (χ1n) is 11.6. The minimum absolute atomic E-state index is 0.278. The summed E-state index contributed by atoms with van der Waals surface area (Å²) in [7, 11) is 3.18. The lowest BCUT2D eigenvalue weighted by molar-refractivity contribution is -0.552. The monoisotopic (exact) mass is 513 g/mol. The molecule has 0 bridgehead atoms. The van der Waals surface area contributed by atoms with Crippen molar-refractivity contribution in [2.75, 3.05) is 51.7 Å². The number of fused-ring (bicyclic) bond motifs is 1. The number of imide groups is 1. The molecule has 0 aromatic heterocycles. The molecule has 0 aliphatic carbocycles. The molecular weight excluding hydrogens is 487 g/mol. The fourth-order valence-corrected chi connectivity index (χ4v) is 5.18. The van der Waals surface area contributed by atoms with Crippen LogP contribution in [0.2, 0.25) is 10.0 Å². The first-order chi connectivity index (χ1) is 16.8. The van der Waals surface area contributed by atoms with Crippen molar-refractivity contribution in [2.45, 2.75) is 12.6 Å². The molecule has 2 saturated heterocycles. The maximum atomic E-state index is 13.2. The fourth-order valence-electron chi connectivity index (χ4n) is 4.80. The first kappa shape index (κ1) is 23.8. The number of hydrogen-bond donors (Lipinski definition) is 0. The number of anilines is 1. The summed E-state index contributed by atoms with van der Waals surface area (Å²) in [6.07, 6.45) is 0. The topological polar surface area (TPSA) is 62.5 Å². The summed E-state index contributed by atoms with van der Waals surface area (Å²) >= 11 is 12.6. The van der Waals surface area contributed by atoms with Crippen molar-refractivity contribution in [1.29, 1.82) is 0 Å². The lowest BCUT2D eigenvalue weighted by atomic mass is 10.1. The summed E-state index contributed by atoms with van der Waals surface area (Å²) in [5.74, 6) is 0.960. The Balaban J connectivity index is 1.40. The largest absolute Gasteiger partial charge is 0.369 e. The molecule has 2 aromatic carbocycles. The molecule has 182 valence electrons. The van der Waals surface area contributed by atoms with E-state index in [4.69, 9.17) is 28.2 Å². The van der Waals surface area contributed by atoms with Crippen LogP contribution in [0, 0.1) is 0 Å². The van der Waals surface area contributed by atoms with Gasteiger partial charge in [-0.25, -0.2) is 9.37 Å². The van der Waals surface area contributed by atoms with E-state index in [9.17, 15) is 9.59 Å². The molecule has 3 amide bonds. The van der Waals surface area contributed by atoms with E-state index < -0.39 is 6.04 Å². The Hall–Kier alpha value is -2.94. The van der Waals surface area contributed by atoms with E-state index in [-0.39, 0.29) is 11.9 Å². The molecule has 10 heteroatoms. The van der Waals surface area contributed by atoms with E-state index in [0.717, 1.165) is 53.2 Å². The van der Waals surface area contributed by atoms with Gasteiger partial charge in [-0.3, -0.25) is 19.5 Å². The predicted molar refractivity (Wildman–Crippen MR) is 138 cm³/mol. The van der Waals surface area contributed by atoms with Crippen molar-refractivity contribution < 1.29 is 14.2 Å². The van der Waals surface area contributed by atoms with Crippen molar-refractivity contribution in [3.05, 3.63) is 64.1 Å². The Labute approximate surface area is 214 Å². The molecule has 2 fully saturated rings. The SMILES string of the molecule is CN1C(=O)C2C(=NC(CN3CCN(c4cccc(Cl)c4)CC3)=[N+]2Cc2ccccc2Cl)N(C)C1=O. The maximum Gasteiger partial charge on any atom is 0.333 e. The summed E-state index contributed by atoms with van der Waals surface area (Å²) in [5, 5.41) is 1.37. The Kier molecular flexibility index (Phi) is 6.53. The summed E-state index contributed by atoms with van der Waals surface area (Å²) in [4.78, 5) is 37.9. The number of amides is 3. The van der Waals surface area contributed by atoms with E-state index in [0.29, 0.717) is 23.9 Å². The summed E-state index contributed by atoms with van der Waals surface area (Å²) in [6, 6.07) is 14.5. The van der Waals surface area contributed by atoms with Crippen LogP contribution in [0.4, 0.5) is 10.5 Å². The van der Waals surface area contributed by atoms with Gasteiger partial charge in [-0.15, -0.1) is 0 Å². The van der Waals surface area contributed by atoms with Crippen LogP contribution in [0.3, 0.4) is 0 Å². The lowest BCUT2D eigenvalue weighted by Gasteiger charge is -2.35. The molecule has 0 N–H and O–H groups in total. The third-order valence-electron chi connectivity index (χ3n) is 6.82. The molecule has 2 aromatic rings. The third kappa shape index (κ3) is 4.53. The van der Waals surface area contributed by atoms with Crippen LogP contribution < -0.4 is 4.90 Å². The molecular formula is C25H27Cl2N6O2+. The number of carbonyl (C=O) groups is 2. The number of aliphatic imine (C=N–C) groups is 1. The first-order valence-corrected chi connectivity index (χ1v) is 12.3. The summed E-state index contributed by atoms with van der Waals surface area (Å²) < 4.78 is 1.99. The predicted octanol–water partition coefficient (Wildman–Crippen LogP) is 3.03. The van der Waals surface area contributed by atoms with Crippen molar-refractivity contribution in [2.24, 2.45) is 4.99 Å². The number of likely N-dealkylation sites (N-methyl/N-ethyl adjacent to an activating group) is 2. The summed E-state index contributed by atoms with van der Waals surface area (Å²) in [6.45, 7) is 4.40. The molecule has 1 atom stereocenters. The number of nitrogens with zero attached hydrogens (tertiary/aromatic N) is 6. The number of amidine groups is 2. The highest BCUT2D eigenvalue weighted by Crippen LogP contribution is 2.25. The molecule has 0 spiro atoms. The van der Waals surface area contributed by atoms with E-state index in [1.807, 2.05) is 47.0 Å². The normalized spacial score (nSPS) is 21.1. The number of rotatable bonds is 5. The van der Waals surface area contributed by atoms with Gasteiger partial charge in [0.25, 0.3) is 17.8 Å².